The topological polar surface area (TPSA) is 48.1 Å². The van der Waals surface area contributed by atoms with Gasteiger partial charge >= 0.3 is 12.4 Å². The molecule has 0 amide bonds. The molecule has 0 bridgehead atoms. The Morgan fingerprint density at radius 2 is 1.62 bits per heavy atom. The lowest BCUT2D eigenvalue weighted by atomic mass is 10.1. The molecule has 0 aliphatic rings. The van der Waals surface area contributed by atoms with Gasteiger partial charge in [-0.1, -0.05) is 13.8 Å². The van der Waals surface area contributed by atoms with Crippen molar-refractivity contribution < 1.29 is 31.1 Å². The van der Waals surface area contributed by atoms with E-state index in [0.29, 0.717) is 11.3 Å². The maximum atomic E-state index is 12.4. The maximum Gasteiger partial charge on any atom is 0.434 e. The van der Waals surface area contributed by atoms with Crippen LogP contribution in [0.2, 0.25) is 0 Å². The van der Waals surface area contributed by atoms with Crippen molar-refractivity contribution in [3.05, 3.63) is 23.4 Å². The number of rotatable bonds is 4. The number of hydrogen-bond donors (Lipinski definition) is 1. The van der Waals surface area contributed by atoms with Gasteiger partial charge in [0.2, 0.25) is 5.88 Å². The molecule has 0 aromatic carbocycles. The van der Waals surface area contributed by atoms with E-state index in [1.165, 1.54) is 6.07 Å². The second-order valence-corrected chi connectivity index (χ2v) is 4.68. The van der Waals surface area contributed by atoms with Gasteiger partial charge < -0.3 is 10.5 Å². The Kier molecular flexibility index (Phi) is 5.08. The van der Waals surface area contributed by atoms with Gasteiger partial charge in [0.1, 0.15) is 0 Å². The van der Waals surface area contributed by atoms with Crippen LogP contribution in [0.4, 0.5) is 26.3 Å². The molecule has 0 unspecified atom stereocenters. The Morgan fingerprint density at radius 1 is 1.10 bits per heavy atom. The molecule has 120 valence electrons. The largest absolute Gasteiger partial charge is 0.455 e. The van der Waals surface area contributed by atoms with E-state index >= 15 is 0 Å². The van der Waals surface area contributed by atoms with Crippen molar-refractivity contribution in [1.29, 1.82) is 0 Å². The van der Waals surface area contributed by atoms with Gasteiger partial charge in [0.15, 0.2) is 0 Å². The SMILES string of the molecule is CC(C)c1cc(CN)cc(OC(C(F)(F)F)C(F)(F)F)n1. The summed E-state index contributed by atoms with van der Waals surface area (Å²) in [6, 6.07) is 2.48. The highest BCUT2D eigenvalue weighted by atomic mass is 19.4. The fourth-order valence-electron chi connectivity index (χ4n) is 1.50. The lowest BCUT2D eigenvalue weighted by molar-refractivity contribution is -0.300. The number of aromatic nitrogens is 1. The number of alkyl halides is 6. The van der Waals surface area contributed by atoms with Gasteiger partial charge in [-0.25, -0.2) is 4.98 Å². The molecule has 1 aromatic heterocycles. The summed E-state index contributed by atoms with van der Waals surface area (Å²) in [6.45, 7) is 3.33. The zero-order chi connectivity index (χ0) is 16.4. The summed E-state index contributed by atoms with van der Waals surface area (Å²) in [6.07, 6.45) is -15.1. The van der Waals surface area contributed by atoms with Gasteiger partial charge in [0.25, 0.3) is 6.10 Å². The van der Waals surface area contributed by atoms with Crippen molar-refractivity contribution in [2.75, 3.05) is 0 Å². The molecule has 9 heteroatoms. The van der Waals surface area contributed by atoms with Crippen molar-refractivity contribution in [3.63, 3.8) is 0 Å². The number of pyridine rings is 1. The summed E-state index contributed by atoms with van der Waals surface area (Å²) in [4.78, 5) is 3.67. The van der Waals surface area contributed by atoms with Crippen LogP contribution in [0, 0.1) is 0 Å². The highest BCUT2D eigenvalue weighted by molar-refractivity contribution is 5.27. The zero-order valence-electron chi connectivity index (χ0n) is 11.2. The first-order valence-corrected chi connectivity index (χ1v) is 5.96. The lowest BCUT2D eigenvalue weighted by Gasteiger charge is -2.24. The van der Waals surface area contributed by atoms with E-state index < -0.39 is 24.3 Å². The average Bonchev–Trinajstić information content (AvgIpc) is 2.32. The first-order chi connectivity index (χ1) is 9.45. The Morgan fingerprint density at radius 3 is 2.00 bits per heavy atom. The summed E-state index contributed by atoms with van der Waals surface area (Å²) < 4.78 is 78.7. The van der Waals surface area contributed by atoms with Gasteiger partial charge in [-0.05, 0) is 17.5 Å². The molecule has 2 N–H and O–H groups in total. The molecular formula is C12H14F6N2O. The molecule has 0 saturated carbocycles. The molecule has 0 aliphatic heterocycles. The first kappa shape index (κ1) is 17.5. The van der Waals surface area contributed by atoms with E-state index in [1.807, 2.05) is 0 Å². The van der Waals surface area contributed by atoms with E-state index in [1.54, 1.807) is 13.8 Å². The van der Waals surface area contributed by atoms with Crippen LogP contribution in [0.15, 0.2) is 12.1 Å². The molecule has 0 fully saturated rings. The monoisotopic (exact) mass is 316 g/mol. The molecule has 0 atom stereocenters. The van der Waals surface area contributed by atoms with E-state index in [9.17, 15) is 26.3 Å². The standard InChI is InChI=1S/C12H14F6N2O/c1-6(2)8-3-7(5-19)4-9(20-8)21-10(11(13,14)15)12(16,17)18/h3-4,6,10H,5,19H2,1-2H3. The minimum atomic E-state index is -5.59. The van der Waals surface area contributed by atoms with Gasteiger partial charge in [0.05, 0.1) is 0 Å². The summed E-state index contributed by atoms with van der Waals surface area (Å²) in [5.41, 5.74) is 6.00. The number of hydrogen-bond acceptors (Lipinski definition) is 3. The number of nitrogens with two attached hydrogens (primary N) is 1. The third kappa shape index (κ3) is 4.76. The fourth-order valence-corrected chi connectivity index (χ4v) is 1.50. The number of nitrogens with zero attached hydrogens (tertiary/aromatic N) is 1. The molecule has 21 heavy (non-hydrogen) atoms. The Balaban J connectivity index is 3.18. The third-order valence-electron chi connectivity index (χ3n) is 2.54. The van der Waals surface area contributed by atoms with Gasteiger partial charge in [-0.2, -0.15) is 26.3 Å². The van der Waals surface area contributed by atoms with Gasteiger partial charge in [-0.3, -0.25) is 0 Å². The van der Waals surface area contributed by atoms with Crippen LogP contribution >= 0.6 is 0 Å². The van der Waals surface area contributed by atoms with E-state index in [0.717, 1.165) is 6.07 Å². The molecule has 1 heterocycles. The van der Waals surface area contributed by atoms with Crippen LogP contribution < -0.4 is 10.5 Å². The van der Waals surface area contributed by atoms with Crippen LogP contribution in [0.3, 0.4) is 0 Å². The maximum absolute atomic E-state index is 12.4. The summed E-state index contributed by atoms with van der Waals surface area (Å²) in [5.74, 6) is -0.949. The van der Waals surface area contributed by atoms with Crippen LogP contribution in [0.1, 0.15) is 31.0 Å². The Labute approximate surface area is 117 Å². The highest BCUT2D eigenvalue weighted by Crippen LogP contribution is 2.36. The molecular weight excluding hydrogens is 302 g/mol. The second-order valence-electron chi connectivity index (χ2n) is 4.68. The Hall–Kier alpha value is -1.51. The van der Waals surface area contributed by atoms with Crippen molar-refractivity contribution in [2.24, 2.45) is 5.73 Å². The van der Waals surface area contributed by atoms with E-state index in [-0.39, 0.29) is 12.5 Å². The lowest BCUT2D eigenvalue weighted by Crippen LogP contribution is -2.46. The van der Waals surface area contributed by atoms with Crippen molar-refractivity contribution in [2.45, 2.75) is 44.8 Å². The average molecular weight is 316 g/mol. The molecule has 1 rings (SSSR count). The van der Waals surface area contributed by atoms with Crippen LogP contribution in [0.25, 0.3) is 0 Å². The zero-order valence-corrected chi connectivity index (χ0v) is 11.2. The van der Waals surface area contributed by atoms with E-state index in [4.69, 9.17) is 5.73 Å². The second kappa shape index (κ2) is 6.08. The van der Waals surface area contributed by atoms with Crippen LogP contribution in [0.5, 0.6) is 5.88 Å². The van der Waals surface area contributed by atoms with Gasteiger partial charge in [-0.15, -0.1) is 0 Å². The molecule has 0 radical (unpaired) electrons. The fraction of sp³-hybridized carbons (Fsp3) is 0.583. The van der Waals surface area contributed by atoms with Gasteiger partial charge in [0, 0.05) is 18.3 Å². The number of halogens is 6. The van der Waals surface area contributed by atoms with Crippen molar-refractivity contribution in [1.82, 2.24) is 4.98 Å². The third-order valence-corrected chi connectivity index (χ3v) is 2.54. The molecule has 0 spiro atoms. The predicted octanol–water partition coefficient (Wildman–Crippen LogP) is 3.54. The highest BCUT2D eigenvalue weighted by Gasteiger charge is 2.59. The first-order valence-electron chi connectivity index (χ1n) is 5.96. The number of ether oxygens (including phenoxy) is 1. The quantitative estimate of drug-likeness (QED) is 0.864. The Bertz CT molecular complexity index is 470. The normalized spacial score (nSPS) is 13.1. The van der Waals surface area contributed by atoms with Crippen LogP contribution in [-0.4, -0.2) is 23.4 Å². The molecule has 1 aromatic rings. The summed E-state index contributed by atoms with van der Waals surface area (Å²) in [7, 11) is 0. The smallest absolute Gasteiger partial charge is 0.434 e. The molecule has 3 nitrogen and oxygen atoms in total. The summed E-state index contributed by atoms with van der Waals surface area (Å²) in [5, 5.41) is 0. The minimum absolute atomic E-state index is 0.0543. The summed E-state index contributed by atoms with van der Waals surface area (Å²) >= 11 is 0. The van der Waals surface area contributed by atoms with Crippen LogP contribution in [-0.2, 0) is 6.54 Å². The minimum Gasteiger partial charge on any atom is -0.455 e. The molecule has 0 aliphatic carbocycles. The van der Waals surface area contributed by atoms with Crippen molar-refractivity contribution >= 4 is 0 Å². The van der Waals surface area contributed by atoms with Crippen molar-refractivity contribution in [3.8, 4) is 5.88 Å². The molecule has 0 saturated heterocycles. The van der Waals surface area contributed by atoms with E-state index in [2.05, 4.69) is 9.72 Å². The predicted molar refractivity (Wildman–Crippen MR) is 62.7 cm³/mol.